The van der Waals surface area contributed by atoms with Crippen LogP contribution in [-0.4, -0.2) is 14.7 Å². The molecule has 1 aromatic carbocycles. The summed E-state index contributed by atoms with van der Waals surface area (Å²) in [5, 5.41) is 13.2. The molecule has 3 N–H and O–H groups in total. The summed E-state index contributed by atoms with van der Waals surface area (Å²) in [5.74, 6) is 1.21. The number of para-hydroxylation sites is 1. The molecule has 0 bridgehead atoms. The van der Waals surface area contributed by atoms with Crippen molar-refractivity contribution in [2.24, 2.45) is 0 Å². The van der Waals surface area contributed by atoms with Crippen LogP contribution in [-0.2, 0) is 24.6 Å². The minimum atomic E-state index is -4.64. The normalized spacial score (nSPS) is 11.5. The summed E-state index contributed by atoms with van der Waals surface area (Å²) < 4.78 is 8.88. The van der Waals surface area contributed by atoms with Gasteiger partial charge in [-0.2, -0.15) is 0 Å². The maximum atomic E-state index is 8.88. The summed E-state index contributed by atoms with van der Waals surface area (Å²) in [4.78, 5) is 31.3. The highest BCUT2D eigenvalue weighted by Crippen LogP contribution is 2.25. The maximum Gasteiger partial charge on any atom is 0.466 e. The fourth-order valence-corrected chi connectivity index (χ4v) is 1.74. The van der Waals surface area contributed by atoms with Crippen molar-refractivity contribution < 1.29 is 44.1 Å². The number of hydrogen-bond donors (Lipinski definition) is 3. The lowest BCUT2D eigenvalue weighted by Gasteiger charge is -2.06. The molecule has 0 radical (unpaired) electrons. The fourth-order valence-electron chi connectivity index (χ4n) is 1.74. The third-order valence-electron chi connectivity index (χ3n) is 2.92. The van der Waals surface area contributed by atoms with Crippen LogP contribution in [0.4, 0.5) is 0 Å². The standard InChI is InChI=1S/C16H24O5.H3O4P/c1-3-5-6-7-9-12-15(4-2)17-19-21-20-18-16-13-10-8-11-14-16;1-5(2,3)4/h4,8,10-11,13-14H,3,5-7,9,12H2,1-2H3;(H3,1,2,3,4). The van der Waals surface area contributed by atoms with Crippen LogP contribution in [0.3, 0.4) is 0 Å². The van der Waals surface area contributed by atoms with Crippen molar-refractivity contribution >= 4 is 7.82 Å². The van der Waals surface area contributed by atoms with Gasteiger partial charge in [-0.1, -0.05) is 50.8 Å². The highest BCUT2D eigenvalue weighted by atomic mass is 31.2. The molecule has 0 atom stereocenters. The summed E-state index contributed by atoms with van der Waals surface area (Å²) in [6.45, 7) is 4.08. The summed E-state index contributed by atoms with van der Waals surface area (Å²) in [5.41, 5.74) is 0. The molecule has 26 heavy (non-hydrogen) atoms. The zero-order chi connectivity index (χ0) is 19.7. The van der Waals surface area contributed by atoms with Gasteiger partial charge in [-0.25, -0.2) is 4.57 Å². The molecule has 150 valence electrons. The van der Waals surface area contributed by atoms with Crippen molar-refractivity contribution in [1.29, 1.82) is 0 Å². The first-order chi connectivity index (χ1) is 12.4. The van der Waals surface area contributed by atoms with E-state index in [9.17, 15) is 0 Å². The largest absolute Gasteiger partial charge is 0.466 e. The number of phosphoric acid groups is 1. The average molecular weight is 394 g/mol. The van der Waals surface area contributed by atoms with Crippen molar-refractivity contribution in [3.05, 3.63) is 42.2 Å². The Balaban J connectivity index is 0.00000110. The van der Waals surface area contributed by atoms with Gasteiger partial charge in [-0.15, -0.1) is 0 Å². The van der Waals surface area contributed by atoms with Crippen LogP contribution in [0.15, 0.2) is 42.2 Å². The zero-order valence-electron chi connectivity index (χ0n) is 14.9. The third-order valence-corrected chi connectivity index (χ3v) is 2.92. The summed E-state index contributed by atoms with van der Waals surface area (Å²) in [6, 6.07) is 8.93. The topological polar surface area (TPSA) is 124 Å². The van der Waals surface area contributed by atoms with E-state index in [1.165, 1.54) is 25.7 Å². The molecule has 1 aromatic rings. The van der Waals surface area contributed by atoms with E-state index in [1.807, 2.05) is 31.2 Å². The van der Waals surface area contributed by atoms with Crippen molar-refractivity contribution in [1.82, 2.24) is 0 Å². The van der Waals surface area contributed by atoms with Gasteiger partial charge < -0.3 is 24.5 Å². The van der Waals surface area contributed by atoms with Crippen LogP contribution in [0.2, 0.25) is 0 Å². The van der Waals surface area contributed by atoms with E-state index < -0.39 is 7.82 Å². The highest BCUT2D eigenvalue weighted by molar-refractivity contribution is 7.45. The Morgan fingerprint density at radius 1 is 1.00 bits per heavy atom. The van der Waals surface area contributed by atoms with E-state index in [2.05, 4.69) is 22.0 Å². The lowest BCUT2D eigenvalue weighted by atomic mass is 10.1. The molecule has 0 unspecified atom stereocenters. The van der Waals surface area contributed by atoms with Crippen LogP contribution in [0.5, 0.6) is 5.75 Å². The Morgan fingerprint density at radius 3 is 2.19 bits per heavy atom. The van der Waals surface area contributed by atoms with Gasteiger partial charge in [0, 0.05) is 21.5 Å². The molecule has 9 nitrogen and oxygen atoms in total. The molecule has 1 rings (SSSR count). The smallest absolute Gasteiger partial charge is 0.311 e. The van der Waals surface area contributed by atoms with Gasteiger partial charge in [0.1, 0.15) is 5.76 Å². The zero-order valence-corrected chi connectivity index (χ0v) is 15.8. The van der Waals surface area contributed by atoms with Crippen LogP contribution in [0.25, 0.3) is 0 Å². The first-order valence-electron chi connectivity index (χ1n) is 8.19. The van der Waals surface area contributed by atoms with E-state index in [0.717, 1.165) is 12.8 Å². The lowest BCUT2D eigenvalue weighted by molar-refractivity contribution is -0.685. The third kappa shape index (κ3) is 18.9. The summed E-state index contributed by atoms with van der Waals surface area (Å²) in [7, 11) is -4.64. The first kappa shape index (κ1) is 24.6. The molecule has 0 aliphatic heterocycles. The summed E-state index contributed by atoms with van der Waals surface area (Å²) in [6.07, 6.45) is 8.65. The van der Waals surface area contributed by atoms with E-state index in [4.69, 9.17) is 29.0 Å². The molecule has 0 saturated carbocycles. The molecule has 0 spiro atoms. The molecule has 0 saturated heterocycles. The average Bonchev–Trinajstić information content (AvgIpc) is 2.59. The molecule has 0 heterocycles. The molecule has 0 aromatic heterocycles. The van der Waals surface area contributed by atoms with Gasteiger partial charge in [-0.05, 0) is 31.6 Å². The van der Waals surface area contributed by atoms with Crippen LogP contribution >= 0.6 is 7.82 Å². The second kappa shape index (κ2) is 15.8. The quantitative estimate of drug-likeness (QED) is 0.158. The van der Waals surface area contributed by atoms with E-state index in [1.54, 1.807) is 12.1 Å². The molecule has 10 heteroatoms. The van der Waals surface area contributed by atoms with Gasteiger partial charge in [0.05, 0.1) is 0 Å². The van der Waals surface area contributed by atoms with Gasteiger partial charge in [0.15, 0.2) is 5.75 Å². The maximum absolute atomic E-state index is 8.88. The number of rotatable bonds is 12. The first-order valence-corrected chi connectivity index (χ1v) is 9.76. The highest BCUT2D eigenvalue weighted by Gasteiger charge is 2.02. The monoisotopic (exact) mass is 394 g/mol. The number of hydrogen-bond acceptors (Lipinski definition) is 6. The second-order valence-electron chi connectivity index (χ2n) is 5.12. The minimum absolute atomic E-state index is 0.503. The predicted octanol–water partition coefficient (Wildman–Crippen LogP) is 4.13. The van der Waals surface area contributed by atoms with Gasteiger partial charge >= 0.3 is 7.82 Å². The van der Waals surface area contributed by atoms with Crippen LogP contribution in [0, 0.1) is 0 Å². The van der Waals surface area contributed by atoms with Crippen LogP contribution in [0.1, 0.15) is 52.4 Å². The van der Waals surface area contributed by atoms with Gasteiger partial charge in [0.2, 0.25) is 0 Å². The van der Waals surface area contributed by atoms with Crippen molar-refractivity contribution in [2.75, 3.05) is 0 Å². The van der Waals surface area contributed by atoms with Crippen LogP contribution < -0.4 is 4.89 Å². The Hall–Kier alpha value is -1.45. The van der Waals surface area contributed by atoms with Crippen molar-refractivity contribution in [3.63, 3.8) is 0 Å². The molecule has 0 aliphatic carbocycles. The van der Waals surface area contributed by atoms with E-state index in [0.29, 0.717) is 11.5 Å². The fraction of sp³-hybridized carbons (Fsp3) is 0.500. The molecule has 0 fully saturated rings. The Bertz CT molecular complexity index is 507. The van der Waals surface area contributed by atoms with E-state index >= 15 is 0 Å². The SMILES string of the molecule is CC=C(CCCCCCC)OOOOOc1ccccc1.O=P(O)(O)O. The Morgan fingerprint density at radius 2 is 1.62 bits per heavy atom. The molecular formula is C16H27O9P. The van der Waals surface area contributed by atoms with Gasteiger partial charge in [0.25, 0.3) is 0 Å². The number of unbranched alkanes of at least 4 members (excludes halogenated alkanes) is 4. The lowest BCUT2D eigenvalue weighted by Crippen LogP contribution is -2.02. The molecular weight excluding hydrogens is 367 g/mol. The number of allylic oxidation sites excluding steroid dienone is 2. The second-order valence-corrected chi connectivity index (χ2v) is 6.14. The number of benzene rings is 1. The van der Waals surface area contributed by atoms with Crippen molar-refractivity contribution in [2.45, 2.75) is 52.4 Å². The Kier molecular flexibility index (Phi) is 14.9. The molecule has 0 aliphatic rings. The summed E-state index contributed by atoms with van der Waals surface area (Å²) >= 11 is 0. The van der Waals surface area contributed by atoms with Crippen molar-refractivity contribution in [3.8, 4) is 5.75 Å². The van der Waals surface area contributed by atoms with Gasteiger partial charge in [-0.3, -0.25) is 0 Å². The molecule has 0 amide bonds. The van der Waals surface area contributed by atoms with E-state index in [-0.39, 0.29) is 0 Å². The Labute approximate surface area is 153 Å². The predicted molar refractivity (Wildman–Crippen MR) is 92.8 cm³/mol. The minimum Gasteiger partial charge on any atom is -0.311 e.